The number of fused-ring (bicyclic) bond motifs is 1. The summed E-state index contributed by atoms with van der Waals surface area (Å²) in [7, 11) is 0. The number of carbonyl (C=O) groups is 2. The number of hydrogen-bond acceptors (Lipinski definition) is 5. The van der Waals surface area contributed by atoms with Crippen LogP contribution in [0.4, 0.5) is 4.79 Å². The number of nitrogens with one attached hydrogen (secondary N) is 2. The van der Waals surface area contributed by atoms with Crippen LogP contribution in [0, 0.1) is 0 Å². The molecule has 0 aliphatic carbocycles. The highest BCUT2D eigenvalue weighted by atomic mass is 16.7. The Morgan fingerprint density at radius 1 is 1.23 bits per heavy atom. The molecule has 0 saturated carbocycles. The lowest BCUT2D eigenvalue weighted by molar-refractivity contribution is -0.139. The third-order valence-electron chi connectivity index (χ3n) is 4.45. The molecule has 0 bridgehead atoms. The van der Waals surface area contributed by atoms with E-state index >= 15 is 0 Å². The summed E-state index contributed by atoms with van der Waals surface area (Å²) in [5.74, 6) is 0.823. The summed E-state index contributed by atoms with van der Waals surface area (Å²) >= 11 is 0. The SMILES string of the molecule is CCCCCCOC(=O)C1=C(C)NC(=O)N[C@H]1c1ccc2c(c1)OCO2. The van der Waals surface area contributed by atoms with Crippen molar-refractivity contribution < 1.29 is 23.8 Å². The molecule has 2 aliphatic rings. The fourth-order valence-electron chi connectivity index (χ4n) is 3.08. The van der Waals surface area contributed by atoms with Crippen LogP contribution in [0.15, 0.2) is 29.5 Å². The van der Waals surface area contributed by atoms with Gasteiger partial charge in [-0.15, -0.1) is 0 Å². The van der Waals surface area contributed by atoms with E-state index in [1.807, 2.05) is 6.07 Å². The van der Waals surface area contributed by atoms with E-state index < -0.39 is 12.0 Å². The number of hydrogen-bond donors (Lipinski definition) is 2. The number of ether oxygens (including phenoxy) is 3. The standard InChI is InChI=1S/C19H24N2O5/c1-3-4-5-6-9-24-18(22)16-12(2)20-19(23)21-17(16)13-7-8-14-15(10-13)26-11-25-14/h7-8,10,17H,3-6,9,11H2,1-2H3,(H2,20,21,23)/t17-/m0/s1. The molecule has 0 saturated heterocycles. The van der Waals surface area contributed by atoms with Gasteiger partial charge >= 0.3 is 12.0 Å². The highest BCUT2D eigenvalue weighted by Crippen LogP contribution is 2.37. The van der Waals surface area contributed by atoms with Gasteiger partial charge < -0.3 is 24.8 Å². The quantitative estimate of drug-likeness (QED) is 0.576. The topological polar surface area (TPSA) is 85.9 Å². The largest absolute Gasteiger partial charge is 0.462 e. The monoisotopic (exact) mass is 360 g/mol. The Kier molecular flexibility index (Phi) is 5.65. The van der Waals surface area contributed by atoms with Gasteiger partial charge in [0.05, 0.1) is 18.2 Å². The minimum absolute atomic E-state index is 0.166. The molecule has 26 heavy (non-hydrogen) atoms. The molecule has 2 heterocycles. The molecule has 0 spiro atoms. The molecule has 2 N–H and O–H groups in total. The Morgan fingerprint density at radius 2 is 2.04 bits per heavy atom. The predicted molar refractivity (Wildman–Crippen MR) is 94.8 cm³/mol. The van der Waals surface area contributed by atoms with Crippen LogP contribution < -0.4 is 20.1 Å². The van der Waals surface area contributed by atoms with Crippen LogP contribution in [0.1, 0.15) is 51.1 Å². The molecule has 3 rings (SSSR count). The van der Waals surface area contributed by atoms with Gasteiger partial charge in [0.1, 0.15) is 0 Å². The molecule has 7 heteroatoms. The van der Waals surface area contributed by atoms with Crippen molar-refractivity contribution in [3.8, 4) is 11.5 Å². The lowest BCUT2D eigenvalue weighted by Crippen LogP contribution is -2.45. The second-order valence-electron chi connectivity index (χ2n) is 6.38. The highest BCUT2D eigenvalue weighted by molar-refractivity contribution is 5.95. The number of urea groups is 1. The van der Waals surface area contributed by atoms with Crippen LogP contribution >= 0.6 is 0 Å². The van der Waals surface area contributed by atoms with Gasteiger partial charge in [-0.1, -0.05) is 32.3 Å². The minimum atomic E-state index is -0.596. The molecule has 0 unspecified atom stereocenters. The Labute approximate surface area is 152 Å². The smallest absolute Gasteiger partial charge is 0.338 e. The van der Waals surface area contributed by atoms with Crippen LogP contribution in [0.25, 0.3) is 0 Å². The van der Waals surface area contributed by atoms with Crippen LogP contribution in [-0.4, -0.2) is 25.4 Å². The van der Waals surface area contributed by atoms with Gasteiger partial charge in [-0.25, -0.2) is 9.59 Å². The molecule has 1 atom stereocenters. The van der Waals surface area contributed by atoms with Crippen molar-refractivity contribution in [2.75, 3.05) is 13.4 Å². The van der Waals surface area contributed by atoms with E-state index in [0.717, 1.165) is 31.2 Å². The van der Waals surface area contributed by atoms with Crippen LogP contribution in [-0.2, 0) is 9.53 Å². The summed E-state index contributed by atoms with van der Waals surface area (Å²) in [6.07, 6.45) is 4.11. The van der Waals surface area contributed by atoms with E-state index in [9.17, 15) is 9.59 Å². The van der Waals surface area contributed by atoms with Gasteiger partial charge in [0.25, 0.3) is 0 Å². The van der Waals surface area contributed by atoms with Crippen molar-refractivity contribution in [1.29, 1.82) is 0 Å². The first-order chi connectivity index (χ1) is 12.6. The number of esters is 1. The van der Waals surface area contributed by atoms with Gasteiger partial charge in [0, 0.05) is 5.70 Å². The molecular formula is C19H24N2O5. The van der Waals surface area contributed by atoms with E-state index in [2.05, 4.69) is 17.6 Å². The van der Waals surface area contributed by atoms with E-state index in [4.69, 9.17) is 14.2 Å². The van der Waals surface area contributed by atoms with Gasteiger partial charge in [-0.3, -0.25) is 0 Å². The molecule has 7 nitrogen and oxygen atoms in total. The Bertz CT molecular complexity index is 729. The van der Waals surface area contributed by atoms with Crippen molar-refractivity contribution in [2.24, 2.45) is 0 Å². The first-order valence-electron chi connectivity index (χ1n) is 8.95. The van der Waals surface area contributed by atoms with Crippen molar-refractivity contribution >= 4 is 12.0 Å². The summed E-state index contributed by atoms with van der Waals surface area (Å²) < 4.78 is 16.2. The molecule has 1 aromatic rings. The number of rotatable bonds is 7. The van der Waals surface area contributed by atoms with Crippen molar-refractivity contribution in [1.82, 2.24) is 10.6 Å². The van der Waals surface area contributed by atoms with Crippen LogP contribution in [0.5, 0.6) is 11.5 Å². The maximum absolute atomic E-state index is 12.6. The van der Waals surface area contributed by atoms with Crippen molar-refractivity contribution in [3.63, 3.8) is 0 Å². The summed E-state index contributed by atoms with van der Waals surface area (Å²) in [6.45, 7) is 4.37. The van der Waals surface area contributed by atoms with Gasteiger partial charge in [0.2, 0.25) is 6.79 Å². The lowest BCUT2D eigenvalue weighted by Gasteiger charge is -2.28. The molecule has 0 aromatic heterocycles. The summed E-state index contributed by atoms with van der Waals surface area (Å²) in [5, 5.41) is 5.44. The second-order valence-corrected chi connectivity index (χ2v) is 6.38. The minimum Gasteiger partial charge on any atom is -0.462 e. The van der Waals surface area contributed by atoms with Crippen LogP contribution in [0.2, 0.25) is 0 Å². The fourth-order valence-corrected chi connectivity index (χ4v) is 3.08. The maximum Gasteiger partial charge on any atom is 0.338 e. The lowest BCUT2D eigenvalue weighted by atomic mass is 9.95. The molecular weight excluding hydrogens is 336 g/mol. The average molecular weight is 360 g/mol. The van der Waals surface area contributed by atoms with E-state index in [-0.39, 0.29) is 12.8 Å². The first kappa shape index (κ1) is 18.1. The van der Waals surface area contributed by atoms with Gasteiger partial charge in [-0.05, 0) is 31.0 Å². The zero-order chi connectivity index (χ0) is 18.5. The Morgan fingerprint density at radius 3 is 2.85 bits per heavy atom. The highest BCUT2D eigenvalue weighted by Gasteiger charge is 2.33. The van der Waals surface area contributed by atoms with Gasteiger partial charge in [0.15, 0.2) is 11.5 Å². The van der Waals surface area contributed by atoms with Crippen molar-refractivity contribution in [2.45, 2.75) is 45.6 Å². The molecule has 0 radical (unpaired) electrons. The zero-order valence-electron chi connectivity index (χ0n) is 15.1. The molecule has 140 valence electrons. The van der Waals surface area contributed by atoms with Crippen LogP contribution in [0.3, 0.4) is 0 Å². The average Bonchev–Trinajstić information content (AvgIpc) is 3.08. The van der Waals surface area contributed by atoms with E-state index in [0.29, 0.717) is 29.4 Å². The number of carbonyl (C=O) groups excluding carboxylic acids is 2. The Balaban J connectivity index is 1.77. The van der Waals surface area contributed by atoms with E-state index in [1.54, 1.807) is 19.1 Å². The zero-order valence-corrected chi connectivity index (χ0v) is 15.1. The van der Waals surface area contributed by atoms with Crippen molar-refractivity contribution in [3.05, 3.63) is 35.0 Å². The number of unbranched alkanes of at least 4 members (excludes halogenated alkanes) is 3. The molecule has 2 aliphatic heterocycles. The fraction of sp³-hybridized carbons (Fsp3) is 0.474. The third-order valence-corrected chi connectivity index (χ3v) is 4.45. The third kappa shape index (κ3) is 3.92. The normalized spacial score (nSPS) is 18.4. The summed E-state index contributed by atoms with van der Waals surface area (Å²) in [6, 6.07) is 4.41. The molecule has 2 amide bonds. The van der Waals surface area contributed by atoms with E-state index in [1.165, 1.54) is 0 Å². The van der Waals surface area contributed by atoms with Gasteiger partial charge in [-0.2, -0.15) is 0 Å². The molecule has 1 aromatic carbocycles. The Hall–Kier alpha value is -2.70. The first-order valence-corrected chi connectivity index (χ1v) is 8.95. The number of amides is 2. The number of allylic oxidation sites excluding steroid dienone is 1. The second kappa shape index (κ2) is 8.12. The summed E-state index contributed by atoms with van der Waals surface area (Å²) in [5.41, 5.74) is 1.63. The maximum atomic E-state index is 12.6. The number of benzene rings is 1. The summed E-state index contributed by atoms with van der Waals surface area (Å²) in [4.78, 5) is 24.6. The predicted octanol–water partition coefficient (Wildman–Crippen LogP) is 3.17. The molecule has 0 fully saturated rings.